The van der Waals surface area contributed by atoms with Crippen LogP contribution in [0.3, 0.4) is 0 Å². The van der Waals surface area contributed by atoms with E-state index in [0.717, 1.165) is 38.8 Å². The van der Waals surface area contributed by atoms with Gasteiger partial charge in [-0.2, -0.15) is 0 Å². The zero-order chi connectivity index (χ0) is 20.3. The number of carbonyl (C=O) groups is 1. The number of rotatable bonds is 5. The molecule has 2 aromatic rings. The predicted octanol–water partition coefficient (Wildman–Crippen LogP) is 4.83. The minimum Gasteiger partial charge on any atom is -0.489 e. The maximum absolute atomic E-state index is 13.7. The Bertz CT molecular complexity index is 853. The van der Waals surface area contributed by atoms with E-state index >= 15 is 0 Å². The monoisotopic (exact) mass is 397 g/mol. The van der Waals surface area contributed by atoms with Crippen LogP contribution in [0.15, 0.2) is 48.5 Å². The van der Waals surface area contributed by atoms with Gasteiger partial charge in [-0.1, -0.05) is 24.6 Å². The lowest BCUT2D eigenvalue weighted by Crippen LogP contribution is -2.49. The number of carbonyl (C=O) groups excluding carboxylic acids is 1. The summed E-state index contributed by atoms with van der Waals surface area (Å²) >= 11 is 0. The number of amides is 1. The molecule has 0 radical (unpaired) electrons. The summed E-state index contributed by atoms with van der Waals surface area (Å²) in [6, 6.07) is 13.7. The molecule has 0 unspecified atom stereocenters. The highest BCUT2D eigenvalue weighted by Gasteiger charge is 2.46. The van der Waals surface area contributed by atoms with Gasteiger partial charge in [0.2, 0.25) is 0 Å². The summed E-state index contributed by atoms with van der Waals surface area (Å²) in [5, 5.41) is 0. The lowest BCUT2D eigenvalue weighted by molar-refractivity contribution is -0.0295. The number of hydrogen-bond acceptors (Lipinski definition) is 3. The van der Waals surface area contributed by atoms with Gasteiger partial charge >= 0.3 is 0 Å². The Kier molecular flexibility index (Phi) is 5.86. The van der Waals surface area contributed by atoms with Crippen LogP contribution >= 0.6 is 0 Å². The molecular formula is C24H28FNO3. The Morgan fingerprint density at radius 3 is 2.66 bits per heavy atom. The summed E-state index contributed by atoms with van der Waals surface area (Å²) in [6.45, 7) is 1.73. The minimum atomic E-state index is -0.278. The number of hydrogen-bond donors (Lipinski definition) is 0. The van der Waals surface area contributed by atoms with Crippen molar-refractivity contribution in [1.29, 1.82) is 0 Å². The predicted molar refractivity (Wildman–Crippen MR) is 109 cm³/mol. The molecule has 1 saturated carbocycles. The van der Waals surface area contributed by atoms with Gasteiger partial charge in [-0.25, -0.2) is 4.39 Å². The van der Waals surface area contributed by atoms with E-state index in [2.05, 4.69) is 0 Å². The second-order valence-electron chi connectivity index (χ2n) is 8.21. The molecule has 2 fully saturated rings. The van der Waals surface area contributed by atoms with Gasteiger partial charge in [0.25, 0.3) is 5.91 Å². The molecule has 1 amide bonds. The van der Waals surface area contributed by atoms with E-state index < -0.39 is 0 Å². The molecule has 2 aromatic carbocycles. The lowest BCUT2D eigenvalue weighted by Gasteiger charge is -2.43. The van der Waals surface area contributed by atoms with Crippen molar-refractivity contribution in [2.24, 2.45) is 5.41 Å². The Morgan fingerprint density at radius 1 is 1.14 bits per heavy atom. The van der Waals surface area contributed by atoms with E-state index in [-0.39, 0.29) is 29.9 Å². The van der Waals surface area contributed by atoms with Crippen molar-refractivity contribution in [3.8, 4) is 5.75 Å². The van der Waals surface area contributed by atoms with Crippen LogP contribution < -0.4 is 4.74 Å². The van der Waals surface area contributed by atoms with Crippen LogP contribution in [0, 0.1) is 11.2 Å². The maximum Gasteiger partial charge on any atom is 0.253 e. The average molecular weight is 397 g/mol. The fourth-order valence-electron chi connectivity index (χ4n) is 4.93. The molecule has 154 valence electrons. The molecule has 4 rings (SSSR count). The molecule has 1 aliphatic heterocycles. The first-order chi connectivity index (χ1) is 14.1. The first-order valence-electron chi connectivity index (χ1n) is 10.4. The van der Waals surface area contributed by atoms with Crippen molar-refractivity contribution in [2.75, 3.05) is 20.2 Å². The Balaban J connectivity index is 1.39. The second-order valence-corrected chi connectivity index (χ2v) is 8.21. The highest BCUT2D eigenvalue weighted by molar-refractivity contribution is 5.94. The summed E-state index contributed by atoms with van der Waals surface area (Å²) in [5.74, 6) is 0.404. The van der Waals surface area contributed by atoms with Crippen molar-refractivity contribution in [3.63, 3.8) is 0 Å². The van der Waals surface area contributed by atoms with Crippen LogP contribution in [0.25, 0.3) is 0 Å². The van der Waals surface area contributed by atoms with Crippen molar-refractivity contribution >= 4 is 5.91 Å². The highest BCUT2D eigenvalue weighted by atomic mass is 19.1. The zero-order valence-corrected chi connectivity index (χ0v) is 16.9. The van der Waals surface area contributed by atoms with Gasteiger partial charge < -0.3 is 14.4 Å². The second kappa shape index (κ2) is 8.54. The van der Waals surface area contributed by atoms with E-state index in [9.17, 15) is 9.18 Å². The van der Waals surface area contributed by atoms with Crippen molar-refractivity contribution < 1.29 is 18.7 Å². The van der Waals surface area contributed by atoms with Crippen LogP contribution in [0.2, 0.25) is 0 Å². The van der Waals surface area contributed by atoms with E-state index in [0.29, 0.717) is 16.9 Å². The molecule has 0 N–H and O–H groups in total. The van der Waals surface area contributed by atoms with Gasteiger partial charge in [-0.15, -0.1) is 0 Å². The first-order valence-corrected chi connectivity index (χ1v) is 10.4. The normalized spacial score (nSPS) is 24.1. The fraction of sp³-hybridized carbons (Fsp3) is 0.458. The van der Waals surface area contributed by atoms with Crippen LogP contribution in [-0.4, -0.2) is 37.1 Å². The molecule has 2 aliphatic rings. The summed E-state index contributed by atoms with van der Waals surface area (Å²) in [7, 11) is 1.79. The topological polar surface area (TPSA) is 38.8 Å². The molecule has 5 heteroatoms. The Morgan fingerprint density at radius 2 is 1.90 bits per heavy atom. The smallest absolute Gasteiger partial charge is 0.253 e. The van der Waals surface area contributed by atoms with Gasteiger partial charge in [-0.05, 0) is 56.0 Å². The number of methoxy groups -OCH3 is 1. The summed E-state index contributed by atoms with van der Waals surface area (Å²) < 4.78 is 25.1. The zero-order valence-electron chi connectivity index (χ0n) is 16.9. The van der Waals surface area contributed by atoms with Crippen molar-refractivity contribution in [3.05, 3.63) is 65.5 Å². The van der Waals surface area contributed by atoms with Crippen LogP contribution in [0.4, 0.5) is 4.39 Å². The SMILES string of the molecule is CO[C@@H]1CCC[C@]12CCCN(C(=O)c1ccc(OCc3ccccc3F)cc1)C2. The van der Waals surface area contributed by atoms with Crippen LogP contribution in [0.1, 0.15) is 48.0 Å². The van der Waals surface area contributed by atoms with E-state index in [4.69, 9.17) is 9.47 Å². The standard InChI is InChI=1S/C24H28FNO3/c1-28-22-8-4-13-24(22)14-5-15-26(17-24)23(27)18-9-11-20(12-10-18)29-16-19-6-2-3-7-21(19)25/h2-3,6-7,9-12,22H,4-5,8,13-17H2,1H3/t22-,24-/m1/s1. The van der Waals surface area contributed by atoms with E-state index in [1.165, 1.54) is 12.5 Å². The number of benzene rings is 2. The maximum atomic E-state index is 13.7. The summed E-state index contributed by atoms with van der Waals surface area (Å²) in [4.78, 5) is 15.0. The third kappa shape index (κ3) is 4.15. The van der Waals surface area contributed by atoms with Gasteiger partial charge in [0.1, 0.15) is 18.2 Å². The molecule has 1 heterocycles. The summed E-state index contributed by atoms with van der Waals surface area (Å²) in [6.07, 6.45) is 5.82. The molecule has 1 aliphatic carbocycles. The third-order valence-electron chi connectivity index (χ3n) is 6.46. The van der Waals surface area contributed by atoms with Gasteiger partial charge in [0.15, 0.2) is 0 Å². The van der Waals surface area contributed by atoms with Crippen LogP contribution in [0.5, 0.6) is 5.75 Å². The Labute approximate surface area is 171 Å². The number of nitrogens with zero attached hydrogens (tertiary/aromatic N) is 1. The molecule has 1 spiro atoms. The Hall–Kier alpha value is -2.40. The number of likely N-dealkylation sites (tertiary alicyclic amines) is 1. The van der Waals surface area contributed by atoms with E-state index in [1.807, 2.05) is 4.90 Å². The molecular weight excluding hydrogens is 369 g/mol. The van der Waals surface area contributed by atoms with Gasteiger partial charge in [0.05, 0.1) is 6.10 Å². The van der Waals surface area contributed by atoms with Gasteiger partial charge in [0, 0.05) is 36.7 Å². The highest BCUT2D eigenvalue weighted by Crippen LogP contribution is 2.46. The quantitative estimate of drug-likeness (QED) is 0.726. The van der Waals surface area contributed by atoms with Crippen molar-refractivity contribution in [2.45, 2.75) is 44.8 Å². The summed E-state index contributed by atoms with van der Waals surface area (Å²) in [5.41, 5.74) is 1.29. The van der Waals surface area contributed by atoms with Crippen LogP contribution in [-0.2, 0) is 11.3 Å². The largest absolute Gasteiger partial charge is 0.489 e. The van der Waals surface area contributed by atoms with Gasteiger partial charge in [-0.3, -0.25) is 4.79 Å². The molecule has 29 heavy (non-hydrogen) atoms. The first kappa shape index (κ1) is 19.9. The molecule has 0 bridgehead atoms. The lowest BCUT2D eigenvalue weighted by atomic mass is 9.76. The molecule has 4 nitrogen and oxygen atoms in total. The average Bonchev–Trinajstić information content (AvgIpc) is 3.14. The third-order valence-corrected chi connectivity index (χ3v) is 6.46. The van der Waals surface area contributed by atoms with Crippen molar-refractivity contribution in [1.82, 2.24) is 4.90 Å². The fourth-order valence-corrected chi connectivity index (χ4v) is 4.93. The number of ether oxygens (including phenoxy) is 2. The number of halogens is 1. The minimum absolute atomic E-state index is 0.0616. The molecule has 1 saturated heterocycles. The number of piperidine rings is 1. The molecule has 0 aromatic heterocycles. The van der Waals surface area contributed by atoms with E-state index in [1.54, 1.807) is 49.6 Å². The molecule has 2 atom stereocenters.